The second-order valence-electron chi connectivity index (χ2n) is 3.66. The van der Waals surface area contributed by atoms with Crippen LogP contribution in [0.4, 0.5) is 0 Å². The highest BCUT2D eigenvalue weighted by atomic mass is 16.5. The van der Waals surface area contributed by atoms with Crippen molar-refractivity contribution in [1.82, 2.24) is 0 Å². The molecule has 1 radical (unpaired) electrons. The van der Waals surface area contributed by atoms with E-state index in [2.05, 4.69) is 5.92 Å². The van der Waals surface area contributed by atoms with E-state index in [1.807, 2.05) is 54.6 Å². The van der Waals surface area contributed by atoms with Gasteiger partial charge in [-0.05, 0) is 23.3 Å². The Labute approximate surface area is 102 Å². The van der Waals surface area contributed by atoms with Gasteiger partial charge in [-0.3, -0.25) is 0 Å². The number of terminal acetylenes is 1. The molecule has 0 bridgehead atoms. The number of hydrogen-bond acceptors (Lipinski definition) is 1. The Hall–Kier alpha value is -2.20. The van der Waals surface area contributed by atoms with Crippen molar-refractivity contribution in [2.45, 2.75) is 6.61 Å². The van der Waals surface area contributed by atoms with Gasteiger partial charge in [0.1, 0.15) is 12.4 Å². The Morgan fingerprint density at radius 2 is 1.88 bits per heavy atom. The maximum absolute atomic E-state index is 5.69. The third-order valence-electron chi connectivity index (χ3n) is 2.36. The lowest BCUT2D eigenvalue weighted by Crippen LogP contribution is -1.95. The molecule has 0 aliphatic carbocycles. The summed E-state index contributed by atoms with van der Waals surface area (Å²) >= 11 is 0. The smallest absolute Gasteiger partial charge is 0.120 e. The van der Waals surface area contributed by atoms with Gasteiger partial charge in [-0.2, -0.15) is 0 Å². The zero-order chi connectivity index (χ0) is 11.9. The fraction of sp³-hybridized carbons (Fsp3) is 0.0625. The predicted octanol–water partition coefficient (Wildman–Crippen LogP) is 3.45. The lowest BCUT2D eigenvalue weighted by atomic mass is 10.1. The summed E-state index contributed by atoms with van der Waals surface area (Å²) in [6.45, 7) is 0.570. The molecule has 0 saturated carbocycles. The summed E-state index contributed by atoms with van der Waals surface area (Å²) in [7, 11) is 0. The van der Waals surface area contributed by atoms with E-state index in [4.69, 9.17) is 11.2 Å². The Morgan fingerprint density at radius 1 is 1.06 bits per heavy atom. The molecule has 2 aromatic rings. The molecule has 0 atom stereocenters. The molecule has 0 fully saturated rings. The van der Waals surface area contributed by atoms with Crippen LogP contribution in [0.1, 0.15) is 11.1 Å². The molecule has 1 nitrogen and oxygen atoms in total. The normalized spacial score (nSPS) is 9.59. The first kappa shape index (κ1) is 11.3. The Balaban J connectivity index is 2.00. The van der Waals surface area contributed by atoms with Crippen LogP contribution in [-0.2, 0) is 6.61 Å². The minimum atomic E-state index is 0.570. The molecule has 1 heteroatoms. The number of ether oxygens (including phenoxy) is 1. The monoisotopic (exact) mass is 221 g/mol. The first-order valence-corrected chi connectivity index (χ1v) is 5.44. The van der Waals surface area contributed by atoms with Crippen LogP contribution in [0, 0.1) is 18.8 Å². The van der Waals surface area contributed by atoms with E-state index in [0.29, 0.717) is 6.61 Å². The zero-order valence-electron chi connectivity index (χ0n) is 9.47. The summed E-state index contributed by atoms with van der Waals surface area (Å²) < 4.78 is 5.69. The van der Waals surface area contributed by atoms with Crippen molar-refractivity contribution in [3.05, 3.63) is 72.1 Å². The molecule has 0 amide bonds. The van der Waals surface area contributed by atoms with Gasteiger partial charge in [0, 0.05) is 0 Å². The summed E-state index contributed by atoms with van der Waals surface area (Å²) in [5.41, 5.74) is 2.14. The van der Waals surface area contributed by atoms with Gasteiger partial charge in [-0.1, -0.05) is 48.4 Å². The average Bonchev–Trinajstić information content (AvgIpc) is 2.39. The van der Waals surface area contributed by atoms with Gasteiger partial charge in [-0.15, -0.1) is 6.42 Å². The highest BCUT2D eigenvalue weighted by Gasteiger charge is 1.97. The largest absolute Gasteiger partial charge is 0.489 e. The lowest BCUT2D eigenvalue weighted by molar-refractivity contribution is 0.306. The molecule has 0 N–H and O–H groups in total. The van der Waals surface area contributed by atoms with E-state index in [9.17, 15) is 0 Å². The van der Waals surface area contributed by atoms with Crippen molar-refractivity contribution in [2.75, 3.05) is 0 Å². The first-order chi connectivity index (χ1) is 8.38. The lowest BCUT2D eigenvalue weighted by Gasteiger charge is -2.07. The Kier molecular flexibility index (Phi) is 3.83. The third kappa shape index (κ3) is 3.39. The Bertz CT molecular complexity index is 509. The maximum atomic E-state index is 5.69. The van der Waals surface area contributed by atoms with E-state index in [-0.39, 0.29) is 0 Å². The van der Waals surface area contributed by atoms with E-state index in [1.165, 1.54) is 0 Å². The van der Waals surface area contributed by atoms with Crippen LogP contribution in [0.15, 0.2) is 54.6 Å². The maximum Gasteiger partial charge on any atom is 0.120 e. The minimum absolute atomic E-state index is 0.570. The minimum Gasteiger partial charge on any atom is -0.489 e. The zero-order valence-corrected chi connectivity index (χ0v) is 9.47. The van der Waals surface area contributed by atoms with Crippen molar-refractivity contribution in [1.29, 1.82) is 0 Å². The molecule has 0 unspecified atom stereocenters. The van der Waals surface area contributed by atoms with Gasteiger partial charge >= 0.3 is 0 Å². The summed E-state index contributed by atoms with van der Waals surface area (Å²) in [5.74, 6) is 3.34. The second-order valence-corrected chi connectivity index (χ2v) is 3.66. The standard InChI is InChI=1S/C16H13O/c1-2-7-14-10-6-11-16(12-14)17-13-15-8-4-3-5-9-15/h1,3-12H,13H2. The van der Waals surface area contributed by atoms with Gasteiger partial charge in [-0.25, -0.2) is 0 Å². The van der Waals surface area contributed by atoms with Gasteiger partial charge in [0.25, 0.3) is 0 Å². The highest BCUT2D eigenvalue weighted by Crippen LogP contribution is 2.16. The molecule has 2 aromatic carbocycles. The van der Waals surface area contributed by atoms with Crippen LogP contribution in [0.25, 0.3) is 0 Å². The number of benzene rings is 2. The van der Waals surface area contributed by atoms with E-state index >= 15 is 0 Å². The van der Waals surface area contributed by atoms with Crippen LogP contribution in [0.2, 0.25) is 0 Å². The third-order valence-corrected chi connectivity index (χ3v) is 2.36. The SMILES string of the molecule is C#C[CH]c1cccc(OCc2ccccc2)c1. The van der Waals surface area contributed by atoms with Crippen molar-refractivity contribution >= 4 is 0 Å². The molecule has 0 aliphatic rings. The van der Waals surface area contributed by atoms with Crippen LogP contribution >= 0.6 is 0 Å². The molecule has 0 spiro atoms. The summed E-state index contributed by atoms with van der Waals surface area (Å²) in [6.07, 6.45) is 6.95. The fourth-order valence-corrected chi connectivity index (χ4v) is 1.53. The van der Waals surface area contributed by atoms with Crippen molar-refractivity contribution in [3.63, 3.8) is 0 Å². The topological polar surface area (TPSA) is 9.23 Å². The number of hydrogen-bond donors (Lipinski definition) is 0. The summed E-state index contributed by atoms with van der Waals surface area (Å²) in [6, 6.07) is 17.8. The fourth-order valence-electron chi connectivity index (χ4n) is 1.53. The van der Waals surface area contributed by atoms with Crippen molar-refractivity contribution in [2.24, 2.45) is 0 Å². The van der Waals surface area contributed by atoms with Gasteiger partial charge < -0.3 is 4.74 Å². The highest BCUT2D eigenvalue weighted by molar-refractivity contribution is 5.37. The van der Waals surface area contributed by atoms with E-state index < -0.39 is 0 Å². The van der Waals surface area contributed by atoms with Gasteiger partial charge in [0.05, 0.1) is 6.42 Å². The molecule has 0 aliphatic heterocycles. The van der Waals surface area contributed by atoms with Crippen molar-refractivity contribution < 1.29 is 4.74 Å². The quantitative estimate of drug-likeness (QED) is 0.718. The van der Waals surface area contributed by atoms with Crippen molar-refractivity contribution in [3.8, 4) is 18.1 Å². The summed E-state index contributed by atoms with van der Waals surface area (Å²) in [5, 5.41) is 0. The van der Waals surface area contributed by atoms with Gasteiger partial charge in [0.2, 0.25) is 0 Å². The molecule has 17 heavy (non-hydrogen) atoms. The van der Waals surface area contributed by atoms with E-state index in [0.717, 1.165) is 16.9 Å². The predicted molar refractivity (Wildman–Crippen MR) is 69.5 cm³/mol. The average molecular weight is 221 g/mol. The molecular formula is C16H13O. The van der Waals surface area contributed by atoms with Crippen LogP contribution < -0.4 is 4.74 Å². The molecule has 83 valence electrons. The summed E-state index contributed by atoms with van der Waals surface area (Å²) in [4.78, 5) is 0. The van der Waals surface area contributed by atoms with Crippen LogP contribution in [0.5, 0.6) is 5.75 Å². The van der Waals surface area contributed by atoms with Crippen LogP contribution in [-0.4, -0.2) is 0 Å². The Morgan fingerprint density at radius 3 is 2.65 bits per heavy atom. The molecule has 0 aromatic heterocycles. The van der Waals surface area contributed by atoms with Crippen LogP contribution in [0.3, 0.4) is 0 Å². The molecule has 0 saturated heterocycles. The molecule has 0 heterocycles. The molecule has 2 rings (SSSR count). The first-order valence-electron chi connectivity index (χ1n) is 5.44. The molecular weight excluding hydrogens is 208 g/mol. The number of rotatable bonds is 4. The second kappa shape index (κ2) is 5.77. The van der Waals surface area contributed by atoms with E-state index in [1.54, 1.807) is 6.42 Å². The van der Waals surface area contributed by atoms with Gasteiger partial charge in [0.15, 0.2) is 0 Å².